The summed E-state index contributed by atoms with van der Waals surface area (Å²) in [7, 11) is 0. The van der Waals surface area contributed by atoms with Gasteiger partial charge in [0.1, 0.15) is 12.7 Å². The molecule has 2 aliphatic rings. The molecule has 2 rings (SSSR count). The summed E-state index contributed by atoms with van der Waals surface area (Å²) in [5, 5.41) is 0. The quantitative estimate of drug-likeness (QED) is 0.712. The molecule has 0 amide bonds. The highest BCUT2D eigenvalue weighted by Crippen LogP contribution is 2.26. The van der Waals surface area contributed by atoms with Crippen molar-refractivity contribution in [1.82, 2.24) is 0 Å². The first kappa shape index (κ1) is 12.8. The third kappa shape index (κ3) is 3.68. The van der Waals surface area contributed by atoms with E-state index in [0.29, 0.717) is 13.2 Å². The highest BCUT2D eigenvalue weighted by Gasteiger charge is 2.34. The van der Waals surface area contributed by atoms with Crippen molar-refractivity contribution in [2.24, 2.45) is 5.92 Å². The molecule has 0 radical (unpaired) electrons. The van der Waals surface area contributed by atoms with Gasteiger partial charge in [-0.05, 0) is 26.7 Å². The Hall–Kier alpha value is -0.610. The molecule has 0 aromatic heterocycles. The topological polar surface area (TPSA) is 44.8 Å². The van der Waals surface area contributed by atoms with Gasteiger partial charge in [0.25, 0.3) is 0 Å². The predicted molar refractivity (Wildman–Crippen MR) is 62.4 cm³/mol. The molecule has 1 heterocycles. The predicted octanol–water partition coefficient (Wildman–Crippen LogP) is 2.26. The Morgan fingerprint density at radius 3 is 2.59 bits per heavy atom. The number of esters is 1. The minimum absolute atomic E-state index is 0.0574. The maximum absolute atomic E-state index is 11.8. The Morgan fingerprint density at radius 2 is 2.00 bits per heavy atom. The summed E-state index contributed by atoms with van der Waals surface area (Å²) in [5.74, 6) is -0.487. The van der Waals surface area contributed by atoms with Gasteiger partial charge in [0.2, 0.25) is 0 Å². The van der Waals surface area contributed by atoms with E-state index in [0.717, 1.165) is 25.7 Å². The second-order valence-corrected chi connectivity index (χ2v) is 5.42. The van der Waals surface area contributed by atoms with E-state index in [9.17, 15) is 4.79 Å². The SMILES string of the molecule is CC1(C)OC[C@H](COC(=O)C2CCCCC2)O1. The molecule has 1 atom stereocenters. The van der Waals surface area contributed by atoms with Crippen molar-refractivity contribution in [3.05, 3.63) is 0 Å². The molecule has 1 aliphatic carbocycles. The molecule has 0 aromatic rings. The van der Waals surface area contributed by atoms with Crippen LogP contribution in [0.5, 0.6) is 0 Å². The zero-order chi connectivity index (χ0) is 12.3. The second-order valence-electron chi connectivity index (χ2n) is 5.42. The minimum atomic E-state index is -0.540. The Labute approximate surface area is 103 Å². The van der Waals surface area contributed by atoms with Crippen LogP contribution < -0.4 is 0 Å². The summed E-state index contributed by atoms with van der Waals surface area (Å²) in [6.45, 7) is 4.57. The summed E-state index contributed by atoms with van der Waals surface area (Å²) in [5.41, 5.74) is 0. The fourth-order valence-corrected chi connectivity index (χ4v) is 2.48. The number of hydrogen-bond acceptors (Lipinski definition) is 4. The fourth-order valence-electron chi connectivity index (χ4n) is 2.48. The summed E-state index contributed by atoms with van der Waals surface area (Å²) in [6, 6.07) is 0. The second kappa shape index (κ2) is 5.36. The van der Waals surface area contributed by atoms with E-state index >= 15 is 0 Å². The van der Waals surface area contributed by atoms with Crippen molar-refractivity contribution in [1.29, 1.82) is 0 Å². The highest BCUT2D eigenvalue weighted by molar-refractivity contribution is 5.72. The van der Waals surface area contributed by atoms with E-state index in [1.54, 1.807) is 0 Å². The molecule has 0 N–H and O–H groups in total. The Balaban J connectivity index is 1.69. The van der Waals surface area contributed by atoms with E-state index in [2.05, 4.69) is 0 Å². The molecule has 2 fully saturated rings. The summed E-state index contributed by atoms with van der Waals surface area (Å²) >= 11 is 0. The molecule has 98 valence electrons. The van der Waals surface area contributed by atoms with Gasteiger partial charge < -0.3 is 14.2 Å². The standard InChI is InChI=1S/C13H22O4/c1-13(2)16-9-11(17-13)8-15-12(14)10-6-4-3-5-7-10/h10-11H,3-9H2,1-2H3/t11-/m0/s1. The smallest absolute Gasteiger partial charge is 0.309 e. The number of carbonyl (C=O) groups excluding carboxylic acids is 1. The maximum Gasteiger partial charge on any atom is 0.309 e. The first-order chi connectivity index (χ1) is 8.07. The molecule has 1 saturated heterocycles. The van der Waals surface area contributed by atoms with Gasteiger partial charge >= 0.3 is 5.97 Å². The maximum atomic E-state index is 11.8. The molecule has 1 saturated carbocycles. The van der Waals surface area contributed by atoms with Crippen LogP contribution in [0.4, 0.5) is 0 Å². The number of carbonyl (C=O) groups is 1. The molecular weight excluding hydrogens is 220 g/mol. The van der Waals surface area contributed by atoms with Crippen LogP contribution in [0, 0.1) is 5.92 Å². The van der Waals surface area contributed by atoms with Crippen LogP contribution in [0.3, 0.4) is 0 Å². The van der Waals surface area contributed by atoms with Gasteiger partial charge in [0, 0.05) is 0 Å². The summed E-state index contributed by atoms with van der Waals surface area (Å²) < 4.78 is 16.3. The first-order valence-electron chi connectivity index (χ1n) is 6.55. The Kier molecular flexibility index (Phi) is 4.05. The molecule has 17 heavy (non-hydrogen) atoms. The van der Waals surface area contributed by atoms with Crippen LogP contribution in [0.1, 0.15) is 46.0 Å². The lowest BCUT2D eigenvalue weighted by Gasteiger charge is -2.21. The molecule has 0 bridgehead atoms. The van der Waals surface area contributed by atoms with Crippen molar-refractivity contribution >= 4 is 5.97 Å². The molecule has 1 aliphatic heterocycles. The monoisotopic (exact) mass is 242 g/mol. The van der Waals surface area contributed by atoms with Crippen LogP contribution in [0.25, 0.3) is 0 Å². The molecule has 0 spiro atoms. The minimum Gasteiger partial charge on any atom is -0.463 e. The zero-order valence-corrected chi connectivity index (χ0v) is 10.7. The lowest BCUT2D eigenvalue weighted by atomic mass is 9.89. The van der Waals surface area contributed by atoms with Crippen molar-refractivity contribution in [3.8, 4) is 0 Å². The number of hydrogen-bond donors (Lipinski definition) is 0. The van der Waals surface area contributed by atoms with Crippen molar-refractivity contribution in [2.45, 2.75) is 57.8 Å². The molecule has 4 heteroatoms. The average molecular weight is 242 g/mol. The summed E-state index contributed by atoms with van der Waals surface area (Å²) in [6.07, 6.45) is 5.39. The third-order valence-electron chi connectivity index (χ3n) is 3.42. The van der Waals surface area contributed by atoms with Crippen molar-refractivity contribution < 1.29 is 19.0 Å². The van der Waals surface area contributed by atoms with Gasteiger partial charge in [-0.3, -0.25) is 4.79 Å². The van der Waals surface area contributed by atoms with Gasteiger partial charge in [0.05, 0.1) is 12.5 Å². The number of ether oxygens (including phenoxy) is 3. The van der Waals surface area contributed by atoms with Crippen LogP contribution in [-0.4, -0.2) is 31.1 Å². The molecular formula is C13H22O4. The Morgan fingerprint density at radius 1 is 1.29 bits per heavy atom. The average Bonchev–Trinajstić information content (AvgIpc) is 2.67. The van der Waals surface area contributed by atoms with E-state index in [-0.39, 0.29) is 18.0 Å². The highest BCUT2D eigenvalue weighted by atomic mass is 16.7. The Bertz CT molecular complexity index is 269. The first-order valence-corrected chi connectivity index (χ1v) is 6.55. The fraction of sp³-hybridized carbons (Fsp3) is 0.923. The van der Waals surface area contributed by atoms with E-state index < -0.39 is 5.79 Å². The van der Waals surface area contributed by atoms with Gasteiger partial charge in [0.15, 0.2) is 5.79 Å². The van der Waals surface area contributed by atoms with Crippen LogP contribution in [0.15, 0.2) is 0 Å². The zero-order valence-electron chi connectivity index (χ0n) is 10.7. The van der Waals surface area contributed by atoms with Crippen LogP contribution in [-0.2, 0) is 19.0 Å². The van der Waals surface area contributed by atoms with Crippen molar-refractivity contribution in [2.75, 3.05) is 13.2 Å². The molecule has 0 unspecified atom stereocenters. The lowest BCUT2D eigenvalue weighted by molar-refractivity contribution is -0.162. The lowest BCUT2D eigenvalue weighted by Crippen LogP contribution is -2.28. The summed E-state index contributed by atoms with van der Waals surface area (Å²) in [4.78, 5) is 11.8. The van der Waals surface area contributed by atoms with E-state index in [4.69, 9.17) is 14.2 Å². The molecule has 0 aromatic carbocycles. The van der Waals surface area contributed by atoms with Crippen molar-refractivity contribution in [3.63, 3.8) is 0 Å². The third-order valence-corrected chi connectivity index (χ3v) is 3.42. The number of rotatable bonds is 3. The normalized spacial score (nSPS) is 29.2. The van der Waals surface area contributed by atoms with Gasteiger partial charge in [-0.1, -0.05) is 19.3 Å². The van der Waals surface area contributed by atoms with Gasteiger partial charge in [-0.2, -0.15) is 0 Å². The van der Waals surface area contributed by atoms with E-state index in [1.807, 2.05) is 13.8 Å². The van der Waals surface area contributed by atoms with E-state index in [1.165, 1.54) is 6.42 Å². The van der Waals surface area contributed by atoms with Gasteiger partial charge in [-0.25, -0.2) is 0 Å². The van der Waals surface area contributed by atoms with Gasteiger partial charge in [-0.15, -0.1) is 0 Å². The van der Waals surface area contributed by atoms with Crippen LogP contribution in [0.2, 0.25) is 0 Å². The van der Waals surface area contributed by atoms with Crippen LogP contribution >= 0.6 is 0 Å². The largest absolute Gasteiger partial charge is 0.463 e. The molecule has 4 nitrogen and oxygen atoms in total.